The fourth-order valence-electron chi connectivity index (χ4n) is 7.94. The molecular weight excluding hydrogens is 703 g/mol. The number of unbranched alkanes of at least 4 members (excludes halogenated alkanes) is 12. The van der Waals surface area contributed by atoms with Gasteiger partial charge >= 0.3 is 0 Å². The Morgan fingerprint density at radius 2 is 0.909 bits per heavy atom. The Bertz CT molecular complexity index is 1330. The first-order valence-corrected chi connectivity index (χ1v) is 21.2. The van der Waals surface area contributed by atoms with Crippen LogP contribution in [0.1, 0.15) is 136 Å². The fraction of sp³-hybridized carbons (Fsp3) is 0.682. The van der Waals surface area contributed by atoms with Crippen LogP contribution in [0.2, 0.25) is 0 Å². The number of ether oxygens (including phenoxy) is 1. The highest BCUT2D eigenvalue weighted by Gasteiger charge is 2.26. The molecule has 2 heterocycles. The van der Waals surface area contributed by atoms with Gasteiger partial charge in [0.1, 0.15) is 0 Å². The highest BCUT2D eigenvalue weighted by molar-refractivity contribution is 5.97. The van der Waals surface area contributed by atoms with E-state index in [1.54, 1.807) is 23.9 Å². The lowest BCUT2D eigenvalue weighted by molar-refractivity contribution is -0.0650. The Labute approximate surface area is 329 Å². The molecule has 0 atom stereocenters. The number of benzene rings is 2. The molecule has 11 heteroatoms. The number of carbonyl (C=O) groups excluding carboxylic acids is 2. The number of aromatic hydroxyl groups is 2. The lowest BCUT2D eigenvalue weighted by atomic mass is 10.0. The zero-order valence-electron chi connectivity index (χ0n) is 33.7. The Kier molecular flexibility index (Phi) is 19.7. The summed E-state index contributed by atoms with van der Waals surface area (Å²) in [7, 11) is 3.40. The van der Waals surface area contributed by atoms with E-state index < -0.39 is 23.1 Å². The third kappa shape index (κ3) is 15.3. The number of amides is 2. The monoisotopic (exact) mass is 771 g/mol. The average Bonchev–Trinajstić information content (AvgIpc) is 3.19. The number of para-hydroxylation sites is 2. The molecule has 0 aromatic heterocycles. The summed E-state index contributed by atoms with van der Waals surface area (Å²) in [5, 5.41) is 19.7. The number of hydrogen-bond donors (Lipinski definition) is 2. The molecule has 0 aliphatic carbocycles. The van der Waals surface area contributed by atoms with Gasteiger partial charge in [-0.15, -0.1) is 0 Å². The second-order valence-corrected chi connectivity index (χ2v) is 15.9. The van der Waals surface area contributed by atoms with E-state index >= 15 is 0 Å². The van der Waals surface area contributed by atoms with Crippen LogP contribution in [0.15, 0.2) is 36.4 Å². The topological polar surface area (TPSA) is 96.8 Å². The van der Waals surface area contributed by atoms with Crippen LogP contribution < -0.4 is 0 Å². The lowest BCUT2D eigenvalue weighted by Gasteiger charge is -2.37. The van der Waals surface area contributed by atoms with Crippen molar-refractivity contribution in [1.29, 1.82) is 0 Å². The third-order valence-corrected chi connectivity index (χ3v) is 11.5. The van der Waals surface area contributed by atoms with Crippen molar-refractivity contribution < 1.29 is 33.3 Å². The summed E-state index contributed by atoms with van der Waals surface area (Å²) in [6.45, 7) is 8.12. The van der Waals surface area contributed by atoms with Crippen molar-refractivity contribution >= 4 is 11.8 Å². The van der Waals surface area contributed by atoms with E-state index in [1.807, 2.05) is 0 Å². The van der Waals surface area contributed by atoms with E-state index in [-0.39, 0.29) is 22.9 Å². The quantitative estimate of drug-likeness (QED) is 0.103. The maximum atomic E-state index is 13.6. The maximum Gasteiger partial charge on any atom is 0.257 e. The largest absolute Gasteiger partial charge is 0.504 e. The molecule has 2 N–H and O–H groups in total. The molecule has 4 rings (SSSR count). The second-order valence-electron chi connectivity index (χ2n) is 15.9. The summed E-state index contributed by atoms with van der Waals surface area (Å²) in [6.07, 6.45) is 21.5. The van der Waals surface area contributed by atoms with E-state index in [0.29, 0.717) is 25.3 Å². The molecule has 0 unspecified atom stereocenters. The Morgan fingerprint density at radius 3 is 1.27 bits per heavy atom. The van der Waals surface area contributed by atoms with Crippen LogP contribution in [0.3, 0.4) is 0 Å². The maximum absolute atomic E-state index is 13.6. The SMILES string of the molecule is CN(CCCCCCCCCN1CCC(OC2CCN(CCCCCCCCCN(C)C(=O)c3cccc(F)c3O)CC2)CC1)C(=O)c1cccc(F)c1O. The average molecular weight is 771 g/mol. The van der Waals surface area contributed by atoms with Crippen LogP contribution in [0, 0.1) is 11.6 Å². The minimum absolute atomic E-state index is 0.0173. The van der Waals surface area contributed by atoms with Crippen LogP contribution in [-0.2, 0) is 4.74 Å². The standard InChI is InChI=1S/C44H68F2N4O5/c1-47(43(53)37-19-17-21-39(45)41(37)51)27-13-9-5-3-7-11-15-29-49-31-23-35(24-32-49)55-36-25-33-50(34-26-36)30-16-12-8-4-6-10-14-28-48(2)44(54)38-20-18-22-40(46)42(38)52/h17-22,35-36,51-52H,3-16,23-34H2,1-2H3. The molecule has 9 nitrogen and oxygen atoms in total. The molecule has 308 valence electrons. The molecule has 0 spiro atoms. The van der Waals surface area contributed by atoms with Crippen molar-refractivity contribution in [3.63, 3.8) is 0 Å². The summed E-state index contributed by atoms with van der Waals surface area (Å²) >= 11 is 0. The number of carbonyl (C=O) groups is 2. The number of phenols is 2. The van der Waals surface area contributed by atoms with Crippen molar-refractivity contribution in [2.24, 2.45) is 0 Å². The van der Waals surface area contributed by atoms with E-state index in [0.717, 1.165) is 103 Å². The highest BCUT2D eigenvalue weighted by Crippen LogP contribution is 2.25. The molecule has 2 fully saturated rings. The molecule has 2 saturated heterocycles. The fourth-order valence-corrected chi connectivity index (χ4v) is 7.94. The van der Waals surface area contributed by atoms with Crippen LogP contribution in [0.5, 0.6) is 11.5 Å². The zero-order valence-corrected chi connectivity index (χ0v) is 33.7. The normalized spacial score (nSPS) is 16.1. The van der Waals surface area contributed by atoms with Crippen molar-refractivity contribution in [2.45, 2.75) is 128 Å². The van der Waals surface area contributed by atoms with Gasteiger partial charge in [0.15, 0.2) is 23.1 Å². The molecule has 0 radical (unpaired) electrons. The first-order chi connectivity index (χ1) is 26.6. The van der Waals surface area contributed by atoms with Gasteiger partial charge in [-0.3, -0.25) is 9.59 Å². The predicted octanol–water partition coefficient (Wildman–Crippen LogP) is 8.63. The summed E-state index contributed by atoms with van der Waals surface area (Å²) < 4.78 is 33.7. The molecule has 2 amide bonds. The molecular formula is C44H68F2N4O5. The number of nitrogens with zero attached hydrogens (tertiary/aromatic N) is 4. The predicted molar refractivity (Wildman–Crippen MR) is 215 cm³/mol. The molecule has 2 aliphatic heterocycles. The van der Waals surface area contributed by atoms with Crippen molar-refractivity contribution in [2.75, 3.05) is 66.5 Å². The van der Waals surface area contributed by atoms with Crippen LogP contribution in [-0.4, -0.2) is 120 Å². The van der Waals surface area contributed by atoms with Gasteiger partial charge in [-0.05, 0) is 88.7 Å². The lowest BCUT2D eigenvalue weighted by Crippen LogP contribution is -2.42. The molecule has 2 aromatic carbocycles. The van der Waals surface area contributed by atoms with Gasteiger partial charge in [-0.1, -0.05) is 76.3 Å². The van der Waals surface area contributed by atoms with Crippen LogP contribution in [0.25, 0.3) is 0 Å². The van der Waals surface area contributed by atoms with E-state index in [9.17, 15) is 28.6 Å². The van der Waals surface area contributed by atoms with Gasteiger partial charge in [0.25, 0.3) is 11.8 Å². The number of piperidine rings is 2. The number of likely N-dealkylation sites (tertiary alicyclic amines) is 2. The van der Waals surface area contributed by atoms with Gasteiger partial charge in [0.05, 0.1) is 23.3 Å². The van der Waals surface area contributed by atoms with E-state index in [2.05, 4.69) is 9.80 Å². The van der Waals surface area contributed by atoms with Crippen molar-refractivity contribution in [3.8, 4) is 11.5 Å². The van der Waals surface area contributed by atoms with Gasteiger partial charge in [0.2, 0.25) is 0 Å². The summed E-state index contributed by atoms with van der Waals surface area (Å²) in [6, 6.07) is 8.10. The minimum atomic E-state index is -0.769. The van der Waals surface area contributed by atoms with E-state index in [4.69, 9.17) is 4.74 Å². The summed E-state index contributed by atoms with van der Waals surface area (Å²) in [4.78, 5) is 33.3. The third-order valence-electron chi connectivity index (χ3n) is 11.5. The highest BCUT2D eigenvalue weighted by atomic mass is 19.1. The van der Waals surface area contributed by atoms with Crippen molar-refractivity contribution in [3.05, 3.63) is 59.2 Å². The van der Waals surface area contributed by atoms with Crippen LogP contribution >= 0.6 is 0 Å². The number of phenolic OH excluding ortho intramolecular Hbond substituents is 2. The first-order valence-electron chi connectivity index (χ1n) is 21.2. The van der Waals surface area contributed by atoms with Gasteiger partial charge in [0, 0.05) is 53.4 Å². The van der Waals surface area contributed by atoms with Gasteiger partial charge < -0.3 is 34.5 Å². The molecule has 0 saturated carbocycles. The Hall–Kier alpha value is -3.28. The molecule has 2 aliphatic rings. The molecule has 0 bridgehead atoms. The number of hydrogen-bond acceptors (Lipinski definition) is 7. The van der Waals surface area contributed by atoms with Crippen LogP contribution in [0.4, 0.5) is 8.78 Å². The first kappa shape index (κ1) is 44.4. The summed E-state index contributed by atoms with van der Waals surface area (Å²) in [5.74, 6) is -3.37. The Balaban J connectivity index is 0.907. The minimum Gasteiger partial charge on any atom is -0.504 e. The zero-order chi connectivity index (χ0) is 39.4. The smallest absolute Gasteiger partial charge is 0.257 e. The number of halogens is 2. The van der Waals surface area contributed by atoms with E-state index in [1.165, 1.54) is 88.7 Å². The number of rotatable bonds is 24. The molecule has 55 heavy (non-hydrogen) atoms. The molecule has 2 aromatic rings. The van der Waals surface area contributed by atoms with Gasteiger partial charge in [-0.2, -0.15) is 0 Å². The second kappa shape index (κ2) is 24.4. The summed E-state index contributed by atoms with van der Waals surface area (Å²) in [5.41, 5.74) is 0.0347. The van der Waals surface area contributed by atoms with Gasteiger partial charge in [-0.25, -0.2) is 8.78 Å². The van der Waals surface area contributed by atoms with Crippen molar-refractivity contribution in [1.82, 2.24) is 19.6 Å². The Morgan fingerprint density at radius 1 is 0.582 bits per heavy atom.